The Kier molecular flexibility index (Phi) is 5.69. The van der Waals surface area contributed by atoms with Crippen LogP contribution >= 0.6 is 23.2 Å². The van der Waals surface area contributed by atoms with Crippen LogP contribution in [-0.4, -0.2) is 5.11 Å². The second-order valence-corrected chi connectivity index (χ2v) is 6.16. The van der Waals surface area contributed by atoms with Gasteiger partial charge in [0.1, 0.15) is 34.8 Å². The molecule has 0 fully saturated rings. The lowest BCUT2D eigenvalue weighted by molar-refractivity contribution is 0.287. The van der Waals surface area contributed by atoms with Crippen molar-refractivity contribution in [3.8, 4) is 17.2 Å². The minimum absolute atomic E-state index is 0.0630. The molecule has 3 aromatic rings. The molecule has 0 aliphatic rings. The van der Waals surface area contributed by atoms with Crippen LogP contribution in [0.1, 0.15) is 11.1 Å². The Labute approximate surface area is 156 Å². The Morgan fingerprint density at radius 3 is 1.80 bits per heavy atom. The summed E-state index contributed by atoms with van der Waals surface area (Å²) in [5, 5.41) is 10.3. The molecule has 0 saturated carbocycles. The molecule has 0 unspecified atom stereocenters. The lowest BCUT2D eigenvalue weighted by atomic mass is 10.2. The molecule has 5 heteroatoms. The van der Waals surface area contributed by atoms with Gasteiger partial charge in [0.2, 0.25) is 0 Å². The summed E-state index contributed by atoms with van der Waals surface area (Å²) < 4.78 is 11.4. The van der Waals surface area contributed by atoms with Gasteiger partial charge in [-0.05, 0) is 11.1 Å². The number of benzene rings is 3. The molecule has 0 radical (unpaired) electrons. The molecule has 25 heavy (non-hydrogen) atoms. The Balaban J connectivity index is 1.79. The molecule has 0 atom stereocenters. The Morgan fingerprint density at radius 1 is 0.720 bits per heavy atom. The van der Waals surface area contributed by atoms with Crippen molar-refractivity contribution in [2.75, 3.05) is 0 Å². The van der Waals surface area contributed by atoms with Crippen LogP contribution in [-0.2, 0) is 13.2 Å². The zero-order chi connectivity index (χ0) is 17.6. The summed E-state index contributed by atoms with van der Waals surface area (Å²) in [5.74, 6) is 0.378. The average molecular weight is 375 g/mol. The summed E-state index contributed by atoms with van der Waals surface area (Å²) in [4.78, 5) is 0. The fraction of sp³-hybridized carbons (Fsp3) is 0.100. The van der Waals surface area contributed by atoms with Crippen LogP contribution in [0.5, 0.6) is 17.2 Å². The van der Waals surface area contributed by atoms with E-state index in [2.05, 4.69) is 0 Å². The van der Waals surface area contributed by atoms with E-state index >= 15 is 0 Å². The highest BCUT2D eigenvalue weighted by Gasteiger charge is 2.18. The number of halogens is 2. The third-order valence-electron chi connectivity index (χ3n) is 3.57. The van der Waals surface area contributed by atoms with Gasteiger partial charge in [-0.3, -0.25) is 0 Å². The quantitative estimate of drug-likeness (QED) is 0.587. The SMILES string of the molecule is Oc1cc(OCc2ccccc2)c(Cl)c(OCc2ccccc2)c1Cl. The molecule has 3 aromatic carbocycles. The van der Waals surface area contributed by atoms with Crippen LogP contribution in [0.15, 0.2) is 66.7 Å². The fourth-order valence-corrected chi connectivity index (χ4v) is 2.78. The summed E-state index contributed by atoms with van der Waals surface area (Å²) in [6, 6.07) is 20.7. The van der Waals surface area contributed by atoms with Gasteiger partial charge in [0, 0.05) is 6.07 Å². The van der Waals surface area contributed by atoms with Crippen LogP contribution in [0.2, 0.25) is 10.0 Å². The minimum atomic E-state index is -0.141. The number of ether oxygens (including phenoxy) is 2. The Morgan fingerprint density at radius 2 is 1.24 bits per heavy atom. The molecule has 0 aliphatic heterocycles. The minimum Gasteiger partial charge on any atom is -0.506 e. The van der Waals surface area contributed by atoms with Gasteiger partial charge in [-0.15, -0.1) is 0 Å². The number of phenolic OH excluding ortho intramolecular Hbond substituents is 1. The number of rotatable bonds is 6. The van der Waals surface area contributed by atoms with E-state index in [9.17, 15) is 5.11 Å². The molecule has 3 nitrogen and oxygen atoms in total. The first kappa shape index (κ1) is 17.5. The molecule has 0 bridgehead atoms. The number of hydrogen-bond acceptors (Lipinski definition) is 3. The van der Waals surface area contributed by atoms with Gasteiger partial charge in [0.25, 0.3) is 0 Å². The van der Waals surface area contributed by atoms with Crippen LogP contribution in [0, 0.1) is 0 Å². The maximum atomic E-state index is 10.0. The van der Waals surface area contributed by atoms with Crippen molar-refractivity contribution < 1.29 is 14.6 Å². The molecule has 0 heterocycles. The first-order valence-electron chi connectivity index (χ1n) is 7.69. The largest absolute Gasteiger partial charge is 0.506 e. The van der Waals surface area contributed by atoms with E-state index in [0.717, 1.165) is 11.1 Å². The molecule has 128 valence electrons. The van der Waals surface area contributed by atoms with Gasteiger partial charge in [-0.2, -0.15) is 0 Å². The van der Waals surface area contributed by atoms with Gasteiger partial charge in [0.05, 0.1) is 0 Å². The van der Waals surface area contributed by atoms with Crippen molar-refractivity contribution in [3.63, 3.8) is 0 Å². The first-order valence-corrected chi connectivity index (χ1v) is 8.45. The number of aromatic hydroxyl groups is 1. The van der Waals surface area contributed by atoms with Crippen LogP contribution in [0.3, 0.4) is 0 Å². The molecule has 0 aromatic heterocycles. The lowest BCUT2D eigenvalue weighted by Gasteiger charge is -2.15. The van der Waals surface area contributed by atoms with Crippen molar-refractivity contribution in [2.45, 2.75) is 13.2 Å². The van der Waals surface area contributed by atoms with Crippen molar-refractivity contribution >= 4 is 23.2 Å². The highest BCUT2D eigenvalue weighted by Crippen LogP contribution is 2.45. The van der Waals surface area contributed by atoms with Crippen molar-refractivity contribution in [2.24, 2.45) is 0 Å². The second-order valence-electron chi connectivity index (χ2n) is 5.40. The maximum Gasteiger partial charge on any atom is 0.164 e. The van der Waals surface area contributed by atoms with Crippen molar-refractivity contribution in [1.29, 1.82) is 0 Å². The second kappa shape index (κ2) is 8.15. The Hall–Kier alpha value is -2.36. The van der Waals surface area contributed by atoms with E-state index in [1.54, 1.807) is 0 Å². The predicted octanol–water partition coefficient (Wildman–Crippen LogP) is 5.86. The summed E-state index contributed by atoms with van der Waals surface area (Å²) in [7, 11) is 0. The molecule has 0 spiro atoms. The van der Waals surface area contributed by atoms with E-state index < -0.39 is 0 Å². The van der Waals surface area contributed by atoms with E-state index in [-0.39, 0.29) is 28.2 Å². The number of phenols is 1. The first-order chi connectivity index (χ1) is 12.1. The molecule has 0 amide bonds. The highest BCUT2D eigenvalue weighted by atomic mass is 35.5. The monoisotopic (exact) mass is 374 g/mol. The topological polar surface area (TPSA) is 38.7 Å². The maximum absolute atomic E-state index is 10.0. The van der Waals surface area contributed by atoms with Gasteiger partial charge in [-0.1, -0.05) is 83.9 Å². The summed E-state index contributed by atoms with van der Waals surface area (Å²) >= 11 is 12.5. The smallest absolute Gasteiger partial charge is 0.164 e. The summed E-state index contributed by atoms with van der Waals surface area (Å²) in [6.07, 6.45) is 0. The molecule has 1 N–H and O–H groups in total. The summed E-state index contributed by atoms with van der Waals surface area (Å²) in [6.45, 7) is 0.599. The van der Waals surface area contributed by atoms with Gasteiger partial charge in [-0.25, -0.2) is 0 Å². The predicted molar refractivity (Wildman–Crippen MR) is 99.7 cm³/mol. The van der Waals surface area contributed by atoms with Crippen LogP contribution < -0.4 is 9.47 Å². The van der Waals surface area contributed by atoms with Crippen molar-refractivity contribution in [3.05, 3.63) is 87.9 Å². The van der Waals surface area contributed by atoms with Gasteiger partial charge >= 0.3 is 0 Å². The van der Waals surface area contributed by atoms with Crippen LogP contribution in [0.25, 0.3) is 0 Å². The average Bonchev–Trinajstić information content (AvgIpc) is 2.65. The van der Waals surface area contributed by atoms with E-state index in [1.165, 1.54) is 6.07 Å². The zero-order valence-electron chi connectivity index (χ0n) is 13.3. The molecule has 0 saturated heterocycles. The lowest BCUT2D eigenvalue weighted by Crippen LogP contribution is -2.00. The third-order valence-corrected chi connectivity index (χ3v) is 4.29. The normalized spacial score (nSPS) is 10.5. The molecular formula is C20H16Cl2O3. The molecule has 3 rings (SSSR count). The standard InChI is InChI=1S/C20H16Cl2O3/c21-18-16(23)11-17(24-12-14-7-3-1-4-8-14)19(22)20(18)25-13-15-9-5-2-6-10-15/h1-11,23H,12-13H2. The molecule has 0 aliphatic carbocycles. The third kappa shape index (κ3) is 4.38. The fourth-order valence-electron chi connectivity index (χ4n) is 2.27. The van der Waals surface area contributed by atoms with E-state index in [1.807, 2.05) is 60.7 Å². The van der Waals surface area contributed by atoms with Crippen molar-refractivity contribution in [1.82, 2.24) is 0 Å². The van der Waals surface area contributed by atoms with Gasteiger partial charge < -0.3 is 14.6 Å². The zero-order valence-corrected chi connectivity index (χ0v) is 14.8. The number of hydrogen-bond donors (Lipinski definition) is 1. The molecular weight excluding hydrogens is 359 g/mol. The van der Waals surface area contributed by atoms with Crippen LogP contribution in [0.4, 0.5) is 0 Å². The highest BCUT2D eigenvalue weighted by molar-refractivity contribution is 6.39. The summed E-state index contributed by atoms with van der Waals surface area (Å²) in [5.41, 5.74) is 1.95. The van der Waals surface area contributed by atoms with E-state index in [0.29, 0.717) is 12.4 Å². The van der Waals surface area contributed by atoms with E-state index in [4.69, 9.17) is 32.7 Å². The van der Waals surface area contributed by atoms with Gasteiger partial charge in [0.15, 0.2) is 5.75 Å². The Bertz CT molecular complexity index is 837.